The number of para-hydroxylation sites is 1. The summed E-state index contributed by atoms with van der Waals surface area (Å²) in [5.41, 5.74) is 3.98. The fourth-order valence-electron chi connectivity index (χ4n) is 3.64. The lowest BCUT2D eigenvalue weighted by Crippen LogP contribution is -2.44. The van der Waals surface area contributed by atoms with Crippen molar-refractivity contribution in [2.45, 2.75) is 19.6 Å². The van der Waals surface area contributed by atoms with Gasteiger partial charge in [0, 0.05) is 48.2 Å². The zero-order valence-electron chi connectivity index (χ0n) is 15.7. The number of amides is 1. The molecule has 2 aliphatic heterocycles. The molecule has 2 aromatic carbocycles. The fourth-order valence-corrected chi connectivity index (χ4v) is 3.89. The Balaban J connectivity index is 1.47. The lowest BCUT2D eigenvalue weighted by molar-refractivity contribution is 0.0856. The molecule has 6 heteroatoms. The van der Waals surface area contributed by atoms with Gasteiger partial charge in [0.15, 0.2) is 6.23 Å². The minimum absolute atomic E-state index is 0.107. The van der Waals surface area contributed by atoms with Gasteiger partial charge in [0.2, 0.25) is 0 Å². The van der Waals surface area contributed by atoms with Crippen LogP contribution in [0.15, 0.2) is 40.9 Å². The summed E-state index contributed by atoms with van der Waals surface area (Å²) in [4.78, 5) is 17.3. The number of hydrogen-bond donors (Lipinski definition) is 1. The summed E-state index contributed by atoms with van der Waals surface area (Å²) in [6.45, 7) is 6.06. The fraction of sp³-hybridized carbons (Fsp3) is 0.381. The van der Waals surface area contributed by atoms with Crippen molar-refractivity contribution in [1.82, 2.24) is 10.2 Å². The van der Waals surface area contributed by atoms with E-state index in [1.54, 1.807) is 0 Å². The number of halogens is 1. The van der Waals surface area contributed by atoms with E-state index in [0.717, 1.165) is 53.2 Å². The first-order valence-electron chi connectivity index (χ1n) is 9.30. The Kier molecular flexibility index (Phi) is 5.10. The maximum atomic E-state index is 12.6. The van der Waals surface area contributed by atoms with Crippen molar-refractivity contribution in [3.8, 4) is 5.75 Å². The average Bonchev–Trinajstić information content (AvgIpc) is 3.07. The van der Waals surface area contributed by atoms with Crippen molar-refractivity contribution >= 4 is 27.5 Å². The number of nitrogens with zero attached hydrogens (tertiary/aromatic N) is 2. The van der Waals surface area contributed by atoms with Crippen LogP contribution in [0.5, 0.6) is 5.75 Å². The highest BCUT2D eigenvalue weighted by Gasteiger charge is 2.29. The van der Waals surface area contributed by atoms with Gasteiger partial charge in [-0.25, -0.2) is 0 Å². The highest BCUT2D eigenvalue weighted by atomic mass is 79.9. The van der Waals surface area contributed by atoms with E-state index in [2.05, 4.69) is 56.3 Å². The second kappa shape index (κ2) is 7.52. The predicted octanol–water partition coefficient (Wildman–Crippen LogP) is 3.20. The third-order valence-electron chi connectivity index (χ3n) is 5.30. The van der Waals surface area contributed by atoms with Crippen LogP contribution >= 0.6 is 15.9 Å². The molecule has 5 nitrogen and oxygen atoms in total. The highest BCUT2D eigenvalue weighted by Crippen LogP contribution is 2.38. The number of fused-ring (bicyclic) bond motifs is 1. The van der Waals surface area contributed by atoms with Crippen molar-refractivity contribution in [3.63, 3.8) is 0 Å². The zero-order chi connectivity index (χ0) is 19.0. The van der Waals surface area contributed by atoms with E-state index < -0.39 is 0 Å². The molecule has 1 N–H and O–H groups in total. The van der Waals surface area contributed by atoms with E-state index in [1.807, 2.05) is 25.1 Å². The molecule has 0 radical (unpaired) electrons. The maximum absolute atomic E-state index is 12.6. The van der Waals surface area contributed by atoms with Crippen molar-refractivity contribution in [2.24, 2.45) is 0 Å². The number of benzene rings is 2. The molecule has 0 spiro atoms. The summed E-state index contributed by atoms with van der Waals surface area (Å²) in [5, 5.41) is 3.02. The monoisotopic (exact) mass is 429 g/mol. The zero-order valence-corrected chi connectivity index (χ0v) is 17.3. The molecule has 2 aliphatic rings. The van der Waals surface area contributed by atoms with Gasteiger partial charge in [-0.3, -0.25) is 4.79 Å². The quantitative estimate of drug-likeness (QED) is 0.813. The summed E-state index contributed by atoms with van der Waals surface area (Å²) in [6, 6.07) is 11.9. The van der Waals surface area contributed by atoms with Gasteiger partial charge in [0.05, 0.1) is 5.69 Å². The lowest BCUT2D eigenvalue weighted by Gasteiger charge is -2.34. The molecule has 27 heavy (non-hydrogen) atoms. The van der Waals surface area contributed by atoms with Crippen LogP contribution in [0.1, 0.15) is 21.5 Å². The average molecular weight is 430 g/mol. The Morgan fingerprint density at radius 3 is 2.70 bits per heavy atom. The van der Waals surface area contributed by atoms with Gasteiger partial charge in [0.1, 0.15) is 5.75 Å². The van der Waals surface area contributed by atoms with Crippen LogP contribution < -0.4 is 15.0 Å². The Bertz CT molecular complexity index is 863. The Hall–Kier alpha value is -2.05. The molecule has 0 saturated carbocycles. The van der Waals surface area contributed by atoms with Gasteiger partial charge in [-0.15, -0.1) is 0 Å². The summed E-state index contributed by atoms with van der Waals surface area (Å²) in [7, 11) is 2.15. The highest BCUT2D eigenvalue weighted by molar-refractivity contribution is 9.10. The van der Waals surface area contributed by atoms with Gasteiger partial charge < -0.3 is 19.9 Å². The number of nitrogens with one attached hydrogen (secondary N) is 1. The van der Waals surface area contributed by atoms with Crippen LogP contribution in [0.25, 0.3) is 0 Å². The third kappa shape index (κ3) is 3.82. The summed E-state index contributed by atoms with van der Waals surface area (Å²) >= 11 is 3.47. The van der Waals surface area contributed by atoms with Gasteiger partial charge >= 0.3 is 0 Å². The molecule has 1 amide bonds. The predicted molar refractivity (Wildman–Crippen MR) is 111 cm³/mol. The number of hydrogen-bond acceptors (Lipinski definition) is 4. The molecular formula is C21H24BrN3O2. The topological polar surface area (TPSA) is 44.8 Å². The molecule has 2 aromatic rings. The molecule has 0 aromatic heterocycles. The molecule has 142 valence electrons. The number of piperazine rings is 1. The van der Waals surface area contributed by atoms with Crippen LogP contribution in [-0.2, 0) is 6.42 Å². The van der Waals surface area contributed by atoms with Crippen LogP contribution in [0.4, 0.5) is 5.69 Å². The van der Waals surface area contributed by atoms with E-state index in [1.165, 1.54) is 0 Å². The third-order valence-corrected chi connectivity index (χ3v) is 6.19. The molecule has 1 fully saturated rings. The first kappa shape index (κ1) is 18.3. The molecule has 1 atom stereocenters. The Labute approximate surface area is 168 Å². The first-order chi connectivity index (χ1) is 13.0. The van der Waals surface area contributed by atoms with Crippen LogP contribution in [0.2, 0.25) is 0 Å². The van der Waals surface area contributed by atoms with Gasteiger partial charge in [0.25, 0.3) is 5.91 Å². The van der Waals surface area contributed by atoms with Crippen molar-refractivity contribution in [2.75, 3.05) is 38.1 Å². The number of carbonyl (C=O) groups is 1. The van der Waals surface area contributed by atoms with Gasteiger partial charge in [-0.05, 0) is 43.8 Å². The minimum Gasteiger partial charge on any atom is -0.468 e. The molecule has 0 bridgehead atoms. The Morgan fingerprint density at radius 1 is 1.19 bits per heavy atom. The van der Waals surface area contributed by atoms with E-state index in [9.17, 15) is 4.79 Å². The molecule has 4 rings (SSSR count). The minimum atomic E-state index is -0.329. The lowest BCUT2D eigenvalue weighted by atomic mass is 10.1. The normalized spacial score (nSPS) is 19.5. The summed E-state index contributed by atoms with van der Waals surface area (Å²) in [5.74, 6) is 0.809. The molecule has 1 saturated heterocycles. The van der Waals surface area contributed by atoms with Crippen LogP contribution in [0, 0.1) is 6.92 Å². The van der Waals surface area contributed by atoms with E-state index in [0.29, 0.717) is 12.0 Å². The SMILES string of the molecule is Cc1cc(C(=O)NC2Cc3cccc(N4CCN(C)CC4)c3O2)ccc1Br. The molecule has 2 heterocycles. The van der Waals surface area contributed by atoms with Crippen molar-refractivity contribution < 1.29 is 9.53 Å². The standard InChI is InChI=1S/C21H24BrN3O2/c1-14-12-16(6-7-17(14)22)21(26)23-19-13-15-4-3-5-18(20(15)27-19)25-10-8-24(2)9-11-25/h3-7,12,19H,8-11,13H2,1-2H3,(H,23,26). The summed E-state index contributed by atoms with van der Waals surface area (Å²) in [6.07, 6.45) is 0.364. The van der Waals surface area contributed by atoms with Gasteiger partial charge in [-0.2, -0.15) is 0 Å². The molecule has 1 unspecified atom stereocenters. The molecule has 0 aliphatic carbocycles. The largest absolute Gasteiger partial charge is 0.468 e. The number of anilines is 1. The number of likely N-dealkylation sites (N-methyl/N-ethyl adjacent to an activating group) is 1. The number of ether oxygens (including phenoxy) is 1. The first-order valence-corrected chi connectivity index (χ1v) is 10.1. The summed E-state index contributed by atoms with van der Waals surface area (Å²) < 4.78 is 7.17. The number of carbonyl (C=O) groups excluding carboxylic acids is 1. The second-order valence-corrected chi connectivity index (χ2v) is 8.16. The van der Waals surface area contributed by atoms with Crippen molar-refractivity contribution in [3.05, 3.63) is 57.6 Å². The van der Waals surface area contributed by atoms with Gasteiger partial charge in [-0.1, -0.05) is 28.1 Å². The van der Waals surface area contributed by atoms with Crippen LogP contribution in [-0.4, -0.2) is 50.3 Å². The van der Waals surface area contributed by atoms with E-state index in [-0.39, 0.29) is 12.1 Å². The number of rotatable bonds is 3. The van der Waals surface area contributed by atoms with E-state index >= 15 is 0 Å². The van der Waals surface area contributed by atoms with Crippen molar-refractivity contribution in [1.29, 1.82) is 0 Å². The Morgan fingerprint density at radius 2 is 1.96 bits per heavy atom. The smallest absolute Gasteiger partial charge is 0.254 e. The van der Waals surface area contributed by atoms with E-state index in [4.69, 9.17) is 4.74 Å². The van der Waals surface area contributed by atoms with Crippen LogP contribution in [0.3, 0.4) is 0 Å². The molecular weight excluding hydrogens is 406 g/mol. The second-order valence-electron chi connectivity index (χ2n) is 7.30. The maximum Gasteiger partial charge on any atom is 0.254 e. The number of aryl methyl sites for hydroxylation is 1.